The second-order valence-electron chi connectivity index (χ2n) is 15.1. The predicted molar refractivity (Wildman–Crippen MR) is 211 cm³/mol. The maximum absolute atomic E-state index is 12.1. The van der Waals surface area contributed by atoms with Crippen molar-refractivity contribution in [3.05, 3.63) is 118 Å². The maximum atomic E-state index is 12.1. The molecule has 0 spiro atoms. The lowest BCUT2D eigenvalue weighted by Gasteiger charge is -2.25. The van der Waals surface area contributed by atoms with Gasteiger partial charge in [0.1, 0.15) is 18.6 Å². The van der Waals surface area contributed by atoms with E-state index in [1.54, 1.807) is 0 Å². The smallest absolute Gasteiger partial charge is 0.294 e. The highest BCUT2D eigenvalue weighted by Gasteiger charge is 2.44. The van der Waals surface area contributed by atoms with Crippen LogP contribution in [-0.4, -0.2) is 55.6 Å². The predicted octanol–water partition coefficient (Wildman–Crippen LogP) is 8.54. The van der Waals surface area contributed by atoms with Crippen LogP contribution in [0, 0.1) is 13.8 Å². The van der Waals surface area contributed by atoms with Gasteiger partial charge in [0, 0.05) is 45.9 Å². The molecule has 3 aromatic rings. The van der Waals surface area contributed by atoms with Gasteiger partial charge in [-0.05, 0) is 130 Å². The zero-order valence-corrected chi connectivity index (χ0v) is 34.3. The van der Waals surface area contributed by atoms with E-state index in [0.717, 1.165) is 79.5 Å². The van der Waals surface area contributed by atoms with Gasteiger partial charge in [-0.25, -0.2) is 5.26 Å². The molecule has 0 bridgehead atoms. The fourth-order valence-corrected chi connectivity index (χ4v) is 9.66. The van der Waals surface area contributed by atoms with E-state index in [9.17, 15) is 25.9 Å². The Hall–Kier alpha value is -4.06. The first kappa shape index (κ1) is 40.6. The summed E-state index contributed by atoms with van der Waals surface area (Å²) in [6.45, 7) is 12.2. The minimum Gasteiger partial charge on any atom is -0.457 e. The Morgan fingerprint density at radius 1 is 0.836 bits per heavy atom. The third kappa shape index (κ3) is 7.72. The Labute approximate surface area is 326 Å². The third-order valence-electron chi connectivity index (χ3n) is 10.7. The van der Waals surface area contributed by atoms with Crippen LogP contribution in [0.3, 0.4) is 0 Å². The van der Waals surface area contributed by atoms with Gasteiger partial charge in [-0.3, -0.25) is 9.11 Å². The molecular weight excluding hydrogens is 765 g/mol. The van der Waals surface area contributed by atoms with Crippen LogP contribution in [0.1, 0.15) is 69.2 Å². The summed E-state index contributed by atoms with van der Waals surface area (Å²) in [5.41, 5.74) is 8.33. The molecule has 2 heterocycles. The molecule has 0 aromatic heterocycles. The van der Waals surface area contributed by atoms with Gasteiger partial charge in [-0.1, -0.05) is 25.0 Å². The van der Waals surface area contributed by atoms with Gasteiger partial charge in [0.05, 0.1) is 27.2 Å². The molecule has 0 saturated carbocycles. The number of benzene rings is 3. The zero-order valence-electron chi connectivity index (χ0n) is 31.9. The first-order chi connectivity index (χ1) is 25.7. The number of anilines is 1. The number of hydrogen-bond acceptors (Lipinski definition) is 10. The molecule has 292 valence electrons. The molecular formula is C40H45N2O10S3+. The zero-order chi connectivity index (χ0) is 40.2. The number of fused-ring (bicyclic) bond motifs is 2. The normalized spacial score (nSPS) is 19.6. The summed E-state index contributed by atoms with van der Waals surface area (Å²) in [5, 5.41) is 12.5. The van der Waals surface area contributed by atoms with Crippen LogP contribution < -0.4 is 9.64 Å². The van der Waals surface area contributed by atoms with Crippen molar-refractivity contribution in [1.82, 2.24) is 0 Å². The van der Waals surface area contributed by atoms with Crippen molar-refractivity contribution in [2.45, 2.75) is 86.3 Å². The quantitative estimate of drug-likeness (QED) is 0.0589. The van der Waals surface area contributed by atoms with E-state index >= 15 is 0 Å². The molecule has 0 fully saturated rings. The van der Waals surface area contributed by atoms with Crippen LogP contribution in [0.2, 0.25) is 0 Å². The van der Waals surface area contributed by atoms with E-state index in [-0.39, 0.29) is 9.79 Å². The van der Waals surface area contributed by atoms with E-state index in [1.165, 1.54) is 36.4 Å². The van der Waals surface area contributed by atoms with Crippen molar-refractivity contribution < 1.29 is 49.9 Å². The number of hydrogen-bond donors (Lipinski definition) is 3. The van der Waals surface area contributed by atoms with Gasteiger partial charge in [0.2, 0.25) is 5.69 Å². The standard InChI is InChI=1S/C40H44N2O10S3/c1-24-20-29(53-52-51-43)22-32-36(24)41(7)34(39(32,3)4)18-12-26-10-9-11-27(38(26)50-28-14-16-30(17-15-28)54(44,45)46)13-19-35-40(5,6)33-23-31(55(47,48)49)21-25(2)37(33)42(35)8/h12-23H,9-11H2,1-8H3,(H2-,43,44,45,46,47,48,49)/p+1. The highest BCUT2D eigenvalue weighted by atomic mass is 32.2. The summed E-state index contributed by atoms with van der Waals surface area (Å²) in [6.07, 6.45) is 10.4. The van der Waals surface area contributed by atoms with Crippen LogP contribution in [0.15, 0.2) is 110 Å². The molecule has 0 amide bonds. The summed E-state index contributed by atoms with van der Waals surface area (Å²) < 4.78 is 80.6. The molecule has 6 rings (SSSR count). The highest BCUT2D eigenvalue weighted by Crippen LogP contribution is 2.50. The van der Waals surface area contributed by atoms with Crippen LogP contribution in [-0.2, 0) is 40.4 Å². The molecule has 1 aliphatic carbocycles. The van der Waals surface area contributed by atoms with Gasteiger partial charge < -0.3 is 9.64 Å². The van der Waals surface area contributed by atoms with Gasteiger partial charge in [-0.2, -0.15) is 21.4 Å². The average molecular weight is 810 g/mol. The van der Waals surface area contributed by atoms with Crippen LogP contribution >= 0.6 is 12.0 Å². The van der Waals surface area contributed by atoms with Crippen molar-refractivity contribution in [3.63, 3.8) is 0 Å². The monoisotopic (exact) mass is 809 g/mol. The van der Waals surface area contributed by atoms with E-state index in [0.29, 0.717) is 24.4 Å². The number of nitrogens with zero attached hydrogens (tertiary/aromatic N) is 2. The maximum Gasteiger partial charge on any atom is 0.294 e. The topological polar surface area (TPSA) is 163 Å². The van der Waals surface area contributed by atoms with Crippen molar-refractivity contribution >= 4 is 49.4 Å². The highest BCUT2D eigenvalue weighted by molar-refractivity contribution is 7.94. The molecule has 0 saturated heterocycles. The minimum atomic E-state index is -4.41. The Morgan fingerprint density at radius 3 is 2.15 bits per heavy atom. The lowest BCUT2D eigenvalue weighted by molar-refractivity contribution is -0.432. The number of aryl methyl sites for hydroxylation is 2. The minimum absolute atomic E-state index is 0.149. The SMILES string of the molecule is Cc1cc(S(=O)(=O)O)cc2c1N(C)/C(=C/C=C1\CCCC(/C=C/C3=[N+](C)c4c(C)cc(SOOO)cc4C3(C)C)=C1Oc1ccc(S(=O)(=O)O)cc1)C2(C)C. The van der Waals surface area contributed by atoms with E-state index in [4.69, 9.17) is 14.3 Å². The van der Waals surface area contributed by atoms with Crippen LogP contribution in [0.25, 0.3) is 0 Å². The lowest BCUT2D eigenvalue weighted by Crippen LogP contribution is -2.26. The second-order valence-corrected chi connectivity index (χ2v) is 18.7. The fourth-order valence-electron chi connectivity index (χ4n) is 8.09. The van der Waals surface area contributed by atoms with E-state index in [1.807, 2.05) is 71.0 Å². The Balaban J connectivity index is 1.44. The average Bonchev–Trinajstić information content (AvgIpc) is 3.42. The van der Waals surface area contributed by atoms with Crippen LogP contribution in [0.4, 0.5) is 11.4 Å². The van der Waals surface area contributed by atoms with E-state index < -0.39 is 31.1 Å². The summed E-state index contributed by atoms with van der Waals surface area (Å²) in [5.74, 6) is 1.01. The van der Waals surface area contributed by atoms with Crippen molar-refractivity contribution in [1.29, 1.82) is 0 Å². The molecule has 2 aliphatic heterocycles. The van der Waals surface area contributed by atoms with Gasteiger partial charge in [0.25, 0.3) is 20.2 Å². The number of ether oxygens (including phenoxy) is 1. The summed E-state index contributed by atoms with van der Waals surface area (Å²) in [4.78, 5) is 2.42. The number of allylic oxidation sites excluding steroid dienone is 7. The van der Waals surface area contributed by atoms with E-state index in [2.05, 4.69) is 35.6 Å². The van der Waals surface area contributed by atoms with Gasteiger partial charge in [0.15, 0.2) is 5.71 Å². The summed E-state index contributed by atoms with van der Waals surface area (Å²) >= 11 is 0.918. The Bertz CT molecular complexity index is 2460. The molecule has 55 heavy (non-hydrogen) atoms. The summed E-state index contributed by atoms with van der Waals surface area (Å²) in [6, 6.07) is 12.6. The molecule has 0 radical (unpaired) electrons. The summed E-state index contributed by atoms with van der Waals surface area (Å²) in [7, 11) is -4.85. The molecule has 12 nitrogen and oxygen atoms in total. The lowest BCUT2D eigenvalue weighted by atomic mass is 9.80. The molecule has 3 aliphatic rings. The van der Waals surface area contributed by atoms with Crippen molar-refractivity contribution in [2.75, 3.05) is 19.0 Å². The largest absolute Gasteiger partial charge is 0.457 e. The molecule has 0 atom stereocenters. The Morgan fingerprint density at radius 2 is 1.51 bits per heavy atom. The first-order valence-corrected chi connectivity index (χ1v) is 21.1. The van der Waals surface area contributed by atoms with Crippen molar-refractivity contribution in [3.8, 4) is 5.75 Å². The third-order valence-corrected chi connectivity index (χ3v) is 13.0. The first-order valence-electron chi connectivity index (χ1n) is 17.5. The van der Waals surface area contributed by atoms with Crippen molar-refractivity contribution in [2.24, 2.45) is 0 Å². The van der Waals surface area contributed by atoms with Crippen LogP contribution in [0.5, 0.6) is 5.75 Å². The Kier molecular flexibility index (Phi) is 10.9. The fraction of sp³-hybridized carbons (Fsp3) is 0.325. The molecule has 15 heteroatoms. The van der Waals surface area contributed by atoms with Gasteiger partial charge >= 0.3 is 0 Å². The van der Waals surface area contributed by atoms with Gasteiger partial charge in [-0.15, -0.1) is 4.33 Å². The number of likely N-dealkylation sites (N-methyl/N-ethyl adjacent to an activating group) is 1. The second kappa shape index (κ2) is 14.8. The molecule has 3 N–H and O–H groups in total. The molecule has 0 unspecified atom stereocenters. The molecule has 3 aromatic carbocycles. The number of rotatable bonds is 10.